The maximum absolute atomic E-state index is 11.5. The summed E-state index contributed by atoms with van der Waals surface area (Å²) in [7, 11) is 1.40. The Kier molecular flexibility index (Phi) is 6.11. The van der Waals surface area contributed by atoms with Crippen molar-refractivity contribution in [1.29, 1.82) is 0 Å². The summed E-state index contributed by atoms with van der Waals surface area (Å²) >= 11 is 11.9. The predicted octanol–water partition coefficient (Wildman–Crippen LogP) is 3.32. The molecule has 0 aliphatic heterocycles. The molecule has 0 spiro atoms. The standard InChI is InChI=1S/C14H19Cl2NO2/c1-14(2,13(18)19-3)9-17-7-6-10-4-5-11(15)8-12(10)16/h4-5,8,17H,6-7,9H2,1-3H3. The van der Waals surface area contributed by atoms with Crippen molar-refractivity contribution in [2.24, 2.45) is 5.41 Å². The first kappa shape index (κ1) is 16.3. The van der Waals surface area contributed by atoms with Crippen LogP contribution in [0.15, 0.2) is 18.2 Å². The van der Waals surface area contributed by atoms with Crippen LogP contribution < -0.4 is 5.32 Å². The molecule has 0 aliphatic rings. The fraction of sp³-hybridized carbons (Fsp3) is 0.500. The summed E-state index contributed by atoms with van der Waals surface area (Å²) in [5.74, 6) is -0.218. The number of halogens is 2. The lowest BCUT2D eigenvalue weighted by Crippen LogP contribution is -2.37. The van der Waals surface area contributed by atoms with Gasteiger partial charge in [0, 0.05) is 16.6 Å². The molecule has 0 unspecified atom stereocenters. The molecule has 1 N–H and O–H groups in total. The lowest BCUT2D eigenvalue weighted by atomic mass is 9.94. The van der Waals surface area contributed by atoms with Crippen LogP contribution in [0.3, 0.4) is 0 Å². The third kappa shape index (κ3) is 5.01. The van der Waals surface area contributed by atoms with Crippen molar-refractivity contribution in [3.8, 4) is 0 Å². The number of carbonyl (C=O) groups is 1. The molecule has 0 saturated carbocycles. The van der Waals surface area contributed by atoms with E-state index in [9.17, 15) is 4.79 Å². The van der Waals surface area contributed by atoms with Crippen LogP contribution in [0.25, 0.3) is 0 Å². The number of hydrogen-bond acceptors (Lipinski definition) is 3. The summed E-state index contributed by atoms with van der Waals surface area (Å²) in [6, 6.07) is 5.47. The van der Waals surface area contributed by atoms with Gasteiger partial charge in [0.05, 0.1) is 12.5 Å². The second-order valence-electron chi connectivity index (χ2n) is 5.04. The molecule has 3 nitrogen and oxygen atoms in total. The van der Waals surface area contributed by atoms with Crippen LogP contribution in [0, 0.1) is 5.41 Å². The third-order valence-electron chi connectivity index (χ3n) is 2.89. The Bertz CT molecular complexity index is 447. The van der Waals surface area contributed by atoms with E-state index in [1.54, 1.807) is 6.07 Å². The average Bonchev–Trinajstić information content (AvgIpc) is 2.35. The molecular formula is C14H19Cl2NO2. The highest BCUT2D eigenvalue weighted by Gasteiger charge is 2.27. The van der Waals surface area contributed by atoms with Crippen LogP contribution in [-0.4, -0.2) is 26.2 Å². The van der Waals surface area contributed by atoms with Crippen molar-refractivity contribution in [2.45, 2.75) is 20.3 Å². The van der Waals surface area contributed by atoms with E-state index in [2.05, 4.69) is 5.32 Å². The van der Waals surface area contributed by atoms with Crippen molar-refractivity contribution in [3.05, 3.63) is 33.8 Å². The molecule has 1 aromatic carbocycles. The van der Waals surface area contributed by atoms with Gasteiger partial charge in [-0.2, -0.15) is 0 Å². The second kappa shape index (κ2) is 7.13. The zero-order chi connectivity index (χ0) is 14.5. The van der Waals surface area contributed by atoms with Crippen molar-refractivity contribution in [1.82, 2.24) is 5.32 Å². The molecule has 0 fully saturated rings. The SMILES string of the molecule is COC(=O)C(C)(C)CNCCc1ccc(Cl)cc1Cl. The van der Waals surface area contributed by atoms with E-state index in [-0.39, 0.29) is 5.97 Å². The lowest BCUT2D eigenvalue weighted by Gasteiger charge is -2.21. The molecule has 0 saturated heterocycles. The topological polar surface area (TPSA) is 38.3 Å². The summed E-state index contributed by atoms with van der Waals surface area (Å²) < 4.78 is 4.75. The minimum atomic E-state index is -0.529. The quantitative estimate of drug-likeness (QED) is 0.647. The highest BCUT2D eigenvalue weighted by atomic mass is 35.5. The van der Waals surface area contributed by atoms with Crippen LogP contribution in [0.4, 0.5) is 0 Å². The smallest absolute Gasteiger partial charge is 0.312 e. The molecule has 0 atom stereocenters. The zero-order valence-corrected chi connectivity index (χ0v) is 12.9. The molecule has 1 rings (SSSR count). The second-order valence-corrected chi connectivity index (χ2v) is 5.88. The predicted molar refractivity (Wildman–Crippen MR) is 78.8 cm³/mol. The molecule has 0 heterocycles. The maximum Gasteiger partial charge on any atom is 0.312 e. The van der Waals surface area contributed by atoms with Gasteiger partial charge in [0.25, 0.3) is 0 Å². The number of nitrogens with one attached hydrogen (secondary N) is 1. The Hall–Kier alpha value is -0.770. The monoisotopic (exact) mass is 303 g/mol. The summed E-state index contributed by atoms with van der Waals surface area (Å²) in [4.78, 5) is 11.5. The lowest BCUT2D eigenvalue weighted by molar-refractivity contribution is -0.150. The largest absolute Gasteiger partial charge is 0.469 e. The minimum absolute atomic E-state index is 0.218. The fourth-order valence-electron chi connectivity index (χ4n) is 1.70. The summed E-state index contributed by atoms with van der Waals surface area (Å²) in [6.45, 7) is 4.99. The number of benzene rings is 1. The maximum atomic E-state index is 11.5. The fourth-order valence-corrected chi connectivity index (χ4v) is 2.20. The van der Waals surface area contributed by atoms with E-state index in [1.165, 1.54) is 7.11 Å². The van der Waals surface area contributed by atoms with E-state index in [1.807, 2.05) is 26.0 Å². The van der Waals surface area contributed by atoms with Crippen LogP contribution in [0.5, 0.6) is 0 Å². The third-order valence-corrected chi connectivity index (χ3v) is 3.48. The number of esters is 1. The van der Waals surface area contributed by atoms with Gasteiger partial charge < -0.3 is 10.1 Å². The number of carbonyl (C=O) groups excluding carboxylic acids is 1. The first-order valence-corrected chi connectivity index (χ1v) is 6.85. The molecule has 0 amide bonds. The number of ether oxygens (including phenoxy) is 1. The van der Waals surface area contributed by atoms with Crippen molar-refractivity contribution in [3.63, 3.8) is 0 Å². The van der Waals surface area contributed by atoms with E-state index < -0.39 is 5.41 Å². The van der Waals surface area contributed by atoms with Gasteiger partial charge in [0.1, 0.15) is 0 Å². The van der Waals surface area contributed by atoms with E-state index >= 15 is 0 Å². The van der Waals surface area contributed by atoms with Crippen LogP contribution in [0.1, 0.15) is 19.4 Å². The zero-order valence-electron chi connectivity index (χ0n) is 11.4. The minimum Gasteiger partial charge on any atom is -0.469 e. The molecule has 106 valence electrons. The average molecular weight is 304 g/mol. The Morgan fingerprint density at radius 2 is 2.05 bits per heavy atom. The van der Waals surface area contributed by atoms with Gasteiger partial charge >= 0.3 is 5.97 Å². The Balaban J connectivity index is 2.41. The number of rotatable bonds is 6. The molecule has 19 heavy (non-hydrogen) atoms. The molecule has 0 aromatic heterocycles. The van der Waals surface area contributed by atoms with Gasteiger partial charge in [0.2, 0.25) is 0 Å². The first-order chi connectivity index (χ1) is 8.86. The first-order valence-electron chi connectivity index (χ1n) is 6.10. The summed E-state index contributed by atoms with van der Waals surface area (Å²) in [5, 5.41) is 4.54. The van der Waals surface area contributed by atoms with Gasteiger partial charge in [-0.25, -0.2) is 0 Å². The van der Waals surface area contributed by atoms with Gasteiger partial charge in [-0.1, -0.05) is 29.3 Å². The highest BCUT2D eigenvalue weighted by molar-refractivity contribution is 6.35. The molecule has 0 bridgehead atoms. The van der Waals surface area contributed by atoms with Crippen molar-refractivity contribution in [2.75, 3.05) is 20.2 Å². The van der Waals surface area contributed by atoms with Crippen molar-refractivity contribution >= 4 is 29.2 Å². The van der Waals surface area contributed by atoms with Gasteiger partial charge in [-0.3, -0.25) is 4.79 Å². The van der Waals surface area contributed by atoms with Gasteiger partial charge in [0.15, 0.2) is 0 Å². The molecule has 0 radical (unpaired) electrons. The van der Waals surface area contributed by atoms with E-state index in [0.717, 1.165) is 18.5 Å². The van der Waals surface area contributed by atoms with Crippen molar-refractivity contribution < 1.29 is 9.53 Å². The molecule has 0 aliphatic carbocycles. The molecular weight excluding hydrogens is 285 g/mol. The number of hydrogen-bond donors (Lipinski definition) is 1. The van der Waals surface area contributed by atoms with Crippen LogP contribution in [-0.2, 0) is 16.0 Å². The normalized spacial score (nSPS) is 11.4. The van der Waals surface area contributed by atoms with E-state index in [4.69, 9.17) is 27.9 Å². The molecule has 5 heteroatoms. The van der Waals surface area contributed by atoms with Crippen LogP contribution >= 0.6 is 23.2 Å². The van der Waals surface area contributed by atoms with Crippen LogP contribution in [0.2, 0.25) is 10.0 Å². The summed E-state index contributed by atoms with van der Waals surface area (Å²) in [5.41, 5.74) is 0.507. The van der Waals surface area contributed by atoms with E-state index in [0.29, 0.717) is 16.6 Å². The van der Waals surface area contributed by atoms with Gasteiger partial charge in [-0.05, 0) is 44.5 Å². The van der Waals surface area contributed by atoms with Gasteiger partial charge in [-0.15, -0.1) is 0 Å². The Labute approximate surface area is 124 Å². The highest BCUT2D eigenvalue weighted by Crippen LogP contribution is 2.21. The summed E-state index contributed by atoms with van der Waals surface area (Å²) in [6.07, 6.45) is 0.785. The Morgan fingerprint density at radius 1 is 1.37 bits per heavy atom. The molecule has 1 aromatic rings. The number of methoxy groups -OCH3 is 1. The Morgan fingerprint density at radius 3 is 2.63 bits per heavy atom.